The van der Waals surface area contributed by atoms with Gasteiger partial charge in [-0.3, -0.25) is 10.1 Å². The molecule has 0 fully saturated rings. The minimum absolute atomic E-state index is 0.0202. The molecule has 4 rings (SSSR count). The van der Waals surface area contributed by atoms with Crippen molar-refractivity contribution in [2.24, 2.45) is 0 Å². The third-order valence-electron chi connectivity index (χ3n) is 5.97. The summed E-state index contributed by atoms with van der Waals surface area (Å²) in [7, 11) is 6.90. The van der Waals surface area contributed by atoms with Crippen LogP contribution in [0.1, 0.15) is 0 Å². The number of hydrogen-bond acceptors (Lipinski definition) is 9. The van der Waals surface area contributed by atoms with Crippen molar-refractivity contribution in [3.05, 3.63) is 58.5 Å². The van der Waals surface area contributed by atoms with Crippen LogP contribution in [0.5, 0.6) is 5.75 Å². The number of halogens is 4. The van der Waals surface area contributed by atoms with Gasteiger partial charge in [0.1, 0.15) is 29.5 Å². The zero-order chi connectivity index (χ0) is 29.2. The minimum Gasteiger partial charge on any atom is -0.494 e. The Labute approximate surface area is 226 Å². The third-order valence-corrected chi connectivity index (χ3v) is 5.97. The molecule has 0 radical (unpaired) electrons. The lowest BCUT2D eigenvalue weighted by Gasteiger charge is -2.22. The SMILES string of the molecule is COc1cc(N(C)CCN(C)C)c([N+](=O)[O-])cc1Nc1nccc(-c2nc3ccc(F)cc3n2CC(F)(F)F)n1. The van der Waals surface area contributed by atoms with Crippen LogP contribution in [0, 0.1) is 15.9 Å². The fourth-order valence-electron chi connectivity index (χ4n) is 4.04. The smallest absolute Gasteiger partial charge is 0.406 e. The Morgan fingerprint density at radius 2 is 1.85 bits per heavy atom. The van der Waals surface area contributed by atoms with Crippen molar-refractivity contribution in [1.29, 1.82) is 0 Å². The van der Waals surface area contributed by atoms with Crippen molar-refractivity contribution in [2.75, 3.05) is 51.6 Å². The number of methoxy groups -OCH3 is 1. The summed E-state index contributed by atoms with van der Waals surface area (Å²) in [5.41, 5.74) is 0.423. The summed E-state index contributed by atoms with van der Waals surface area (Å²) in [4.78, 5) is 27.7. The zero-order valence-corrected chi connectivity index (χ0v) is 22.0. The van der Waals surface area contributed by atoms with Crippen LogP contribution in [0.25, 0.3) is 22.6 Å². The first kappa shape index (κ1) is 28.5. The summed E-state index contributed by atoms with van der Waals surface area (Å²) < 4.78 is 60.4. The molecule has 212 valence electrons. The van der Waals surface area contributed by atoms with Crippen molar-refractivity contribution < 1.29 is 27.2 Å². The predicted molar refractivity (Wildman–Crippen MR) is 142 cm³/mol. The van der Waals surface area contributed by atoms with Gasteiger partial charge in [-0.05, 0) is 38.4 Å². The molecule has 11 nitrogen and oxygen atoms in total. The first-order valence-corrected chi connectivity index (χ1v) is 11.9. The van der Waals surface area contributed by atoms with Crippen LogP contribution in [0.4, 0.5) is 40.6 Å². The van der Waals surface area contributed by atoms with Gasteiger partial charge in [0.05, 0.1) is 28.8 Å². The Hall–Kier alpha value is -4.53. The van der Waals surface area contributed by atoms with Crippen LogP contribution in [-0.2, 0) is 6.54 Å². The second kappa shape index (κ2) is 11.3. The Morgan fingerprint density at radius 1 is 1.10 bits per heavy atom. The van der Waals surface area contributed by atoms with Crippen molar-refractivity contribution in [1.82, 2.24) is 24.4 Å². The van der Waals surface area contributed by atoms with Gasteiger partial charge in [0.2, 0.25) is 5.95 Å². The first-order chi connectivity index (χ1) is 18.9. The molecule has 0 saturated carbocycles. The average molecular weight is 563 g/mol. The predicted octanol–water partition coefficient (Wildman–Crippen LogP) is 4.85. The van der Waals surface area contributed by atoms with Gasteiger partial charge in [-0.2, -0.15) is 13.2 Å². The van der Waals surface area contributed by atoms with Crippen LogP contribution >= 0.6 is 0 Å². The van der Waals surface area contributed by atoms with Crippen molar-refractivity contribution in [3.8, 4) is 17.3 Å². The number of rotatable bonds is 10. The largest absolute Gasteiger partial charge is 0.494 e. The molecule has 0 bridgehead atoms. The van der Waals surface area contributed by atoms with E-state index in [0.29, 0.717) is 18.8 Å². The number of ether oxygens (including phenoxy) is 1. The van der Waals surface area contributed by atoms with Gasteiger partial charge in [0.25, 0.3) is 5.69 Å². The number of hydrogen-bond donors (Lipinski definition) is 1. The van der Waals surface area contributed by atoms with E-state index in [9.17, 15) is 27.7 Å². The molecule has 0 unspecified atom stereocenters. The summed E-state index contributed by atoms with van der Waals surface area (Å²) in [5, 5.41) is 14.8. The Balaban J connectivity index is 1.74. The molecule has 2 heterocycles. The van der Waals surface area contributed by atoms with Gasteiger partial charge in [0, 0.05) is 38.5 Å². The quantitative estimate of drug-likeness (QED) is 0.165. The maximum absolute atomic E-state index is 13.9. The highest BCUT2D eigenvalue weighted by atomic mass is 19.4. The fraction of sp³-hybridized carbons (Fsp3) is 0.320. The molecule has 1 N–H and O–H groups in total. The summed E-state index contributed by atoms with van der Waals surface area (Å²) >= 11 is 0. The second-order valence-corrected chi connectivity index (χ2v) is 9.18. The monoisotopic (exact) mass is 562 g/mol. The molecule has 4 aromatic rings. The lowest BCUT2D eigenvalue weighted by atomic mass is 10.2. The van der Waals surface area contributed by atoms with E-state index in [-0.39, 0.29) is 45.6 Å². The van der Waals surface area contributed by atoms with Crippen molar-refractivity contribution in [3.63, 3.8) is 0 Å². The Kier molecular flexibility index (Phi) is 8.04. The first-order valence-electron chi connectivity index (χ1n) is 11.9. The van der Waals surface area contributed by atoms with Crippen LogP contribution in [0.3, 0.4) is 0 Å². The van der Waals surface area contributed by atoms with Gasteiger partial charge in [0.15, 0.2) is 5.82 Å². The van der Waals surface area contributed by atoms with Crippen molar-refractivity contribution >= 4 is 34.0 Å². The average Bonchev–Trinajstić information content (AvgIpc) is 3.23. The zero-order valence-electron chi connectivity index (χ0n) is 22.0. The maximum Gasteiger partial charge on any atom is 0.406 e. The lowest BCUT2D eigenvalue weighted by Crippen LogP contribution is -2.28. The number of nitro groups is 1. The van der Waals surface area contributed by atoms with E-state index < -0.39 is 23.5 Å². The highest BCUT2D eigenvalue weighted by Crippen LogP contribution is 2.39. The molecule has 15 heteroatoms. The standard InChI is InChI=1S/C25H26F4N8O3/c1-34(2)9-10-35(3)20-13-22(40-4)18(12-21(20)37(38)39)33-24-30-8-7-17(32-24)23-31-16-6-5-15(26)11-19(16)36(23)14-25(27,28)29/h5-8,11-13H,9-10,14H2,1-4H3,(H,30,32,33). The topological polar surface area (TPSA) is 114 Å². The highest BCUT2D eigenvalue weighted by molar-refractivity contribution is 5.81. The molecule has 0 atom stereocenters. The molecular weight excluding hydrogens is 536 g/mol. The van der Waals surface area contributed by atoms with Gasteiger partial charge < -0.3 is 24.4 Å². The number of nitrogens with zero attached hydrogens (tertiary/aromatic N) is 7. The minimum atomic E-state index is -4.61. The molecule has 0 spiro atoms. The van der Waals surface area contributed by atoms with Crippen molar-refractivity contribution in [2.45, 2.75) is 12.7 Å². The van der Waals surface area contributed by atoms with E-state index >= 15 is 0 Å². The highest BCUT2D eigenvalue weighted by Gasteiger charge is 2.31. The number of anilines is 3. The molecule has 2 aromatic carbocycles. The van der Waals surface area contributed by atoms with Crippen LogP contribution in [-0.4, -0.2) is 76.9 Å². The van der Waals surface area contributed by atoms with E-state index in [1.807, 2.05) is 19.0 Å². The molecular formula is C25H26F4N8O3. The maximum atomic E-state index is 13.9. The number of imidazole rings is 1. The van der Waals surface area contributed by atoms with E-state index in [0.717, 1.165) is 16.7 Å². The fourth-order valence-corrected chi connectivity index (χ4v) is 4.04. The number of nitrogens with one attached hydrogen (secondary N) is 1. The van der Waals surface area contributed by atoms with Gasteiger partial charge >= 0.3 is 6.18 Å². The molecule has 0 amide bonds. The third kappa shape index (κ3) is 6.36. The number of nitro benzene ring substituents is 1. The van der Waals surface area contributed by atoms with Gasteiger partial charge in [-0.25, -0.2) is 19.3 Å². The normalized spacial score (nSPS) is 11.7. The molecule has 0 saturated heterocycles. The number of likely N-dealkylation sites (N-methyl/N-ethyl adjacent to an activating group) is 2. The summed E-state index contributed by atoms with van der Waals surface area (Å²) in [6.07, 6.45) is -3.32. The molecule has 2 aromatic heterocycles. The van der Waals surface area contributed by atoms with E-state index in [1.54, 1.807) is 11.9 Å². The Morgan fingerprint density at radius 3 is 2.50 bits per heavy atom. The number of alkyl halides is 3. The molecule has 0 aliphatic carbocycles. The number of aromatic nitrogens is 4. The van der Waals surface area contributed by atoms with E-state index in [4.69, 9.17) is 4.74 Å². The van der Waals surface area contributed by atoms with E-state index in [2.05, 4.69) is 20.3 Å². The lowest BCUT2D eigenvalue weighted by molar-refractivity contribution is -0.384. The summed E-state index contributed by atoms with van der Waals surface area (Å²) in [5.74, 6) is -0.683. The van der Waals surface area contributed by atoms with E-state index in [1.165, 1.54) is 37.6 Å². The number of benzene rings is 2. The summed E-state index contributed by atoms with van der Waals surface area (Å²) in [6, 6.07) is 7.50. The van der Waals surface area contributed by atoms with Gasteiger partial charge in [-0.15, -0.1) is 0 Å². The molecule has 40 heavy (non-hydrogen) atoms. The molecule has 0 aliphatic heterocycles. The van der Waals surface area contributed by atoms with Gasteiger partial charge in [-0.1, -0.05) is 0 Å². The van der Waals surface area contributed by atoms with Crippen LogP contribution in [0.2, 0.25) is 0 Å². The molecule has 0 aliphatic rings. The van der Waals surface area contributed by atoms with Crippen LogP contribution in [0.15, 0.2) is 42.6 Å². The second-order valence-electron chi connectivity index (χ2n) is 9.18. The number of fused-ring (bicyclic) bond motifs is 1. The Bertz CT molecular complexity index is 1540. The van der Waals surface area contributed by atoms with Crippen LogP contribution < -0.4 is 15.0 Å². The summed E-state index contributed by atoms with van der Waals surface area (Å²) in [6.45, 7) is -0.252.